The molecule has 2 nitrogen and oxygen atoms in total. The number of hydrogen-bond donors (Lipinski definition) is 2. The van der Waals surface area contributed by atoms with Gasteiger partial charge in [0.1, 0.15) is 5.75 Å². The van der Waals surface area contributed by atoms with Crippen molar-refractivity contribution in [1.82, 2.24) is 0 Å². The summed E-state index contributed by atoms with van der Waals surface area (Å²) in [5, 5.41) is 13.1. The molecular formula is C14H15NO. The van der Waals surface area contributed by atoms with Crippen molar-refractivity contribution >= 4 is 5.69 Å². The average molecular weight is 213 g/mol. The van der Waals surface area contributed by atoms with Crippen LogP contribution in [0.5, 0.6) is 5.75 Å². The third-order valence-corrected chi connectivity index (χ3v) is 2.58. The largest absolute Gasteiger partial charge is 0.507 e. The first-order chi connectivity index (χ1) is 7.77. The highest BCUT2D eigenvalue weighted by molar-refractivity contribution is 5.46. The Morgan fingerprint density at radius 2 is 1.75 bits per heavy atom. The van der Waals surface area contributed by atoms with E-state index in [2.05, 4.69) is 5.32 Å². The summed E-state index contributed by atoms with van der Waals surface area (Å²) in [5.74, 6) is 0.380. The molecule has 82 valence electrons. The maximum atomic E-state index is 9.84. The molecule has 2 aromatic carbocycles. The number of phenolic OH excluding ortho intramolecular Hbond substituents is 1. The molecule has 2 rings (SSSR count). The zero-order valence-corrected chi connectivity index (χ0v) is 9.27. The minimum absolute atomic E-state index is 0.380. The van der Waals surface area contributed by atoms with Crippen molar-refractivity contribution in [2.24, 2.45) is 0 Å². The van der Waals surface area contributed by atoms with Crippen LogP contribution in [0.25, 0.3) is 0 Å². The van der Waals surface area contributed by atoms with Gasteiger partial charge in [0.15, 0.2) is 0 Å². The van der Waals surface area contributed by atoms with Crippen molar-refractivity contribution in [3.63, 3.8) is 0 Å². The fourth-order valence-electron chi connectivity index (χ4n) is 1.62. The average Bonchev–Trinajstić information content (AvgIpc) is 2.32. The lowest BCUT2D eigenvalue weighted by Gasteiger charge is -2.09. The molecule has 16 heavy (non-hydrogen) atoms. The molecule has 0 amide bonds. The van der Waals surface area contributed by atoms with Crippen LogP contribution in [-0.2, 0) is 6.54 Å². The Bertz CT molecular complexity index is 465. The summed E-state index contributed by atoms with van der Waals surface area (Å²) < 4.78 is 0. The molecule has 0 radical (unpaired) electrons. The minimum atomic E-state index is 0.380. The number of benzene rings is 2. The van der Waals surface area contributed by atoms with Crippen LogP contribution < -0.4 is 5.32 Å². The summed E-state index contributed by atoms with van der Waals surface area (Å²) in [6.07, 6.45) is 0. The van der Waals surface area contributed by atoms with Crippen molar-refractivity contribution in [2.45, 2.75) is 13.5 Å². The summed E-state index contributed by atoms with van der Waals surface area (Å²) >= 11 is 0. The first kappa shape index (κ1) is 10.6. The van der Waals surface area contributed by atoms with Gasteiger partial charge in [-0.15, -0.1) is 0 Å². The summed E-state index contributed by atoms with van der Waals surface area (Å²) in [5.41, 5.74) is 2.89. The molecule has 0 atom stereocenters. The molecule has 0 aliphatic heterocycles. The predicted molar refractivity (Wildman–Crippen MR) is 66.6 cm³/mol. The zero-order chi connectivity index (χ0) is 11.4. The molecule has 0 saturated carbocycles. The second-order valence-electron chi connectivity index (χ2n) is 3.80. The molecule has 2 heteroatoms. The lowest BCUT2D eigenvalue weighted by Crippen LogP contribution is -1.99. The highest BCUT2D eigenvalue weighted by Crippen LogP contribution is 2.22. The van der Waals surface area contributed by atoms with Gasteiger partial charge in [-0.05, 0) is 24.6 Å². The van der Waals surface area contributed by atoms with Gasteiger partial charge < -0.3 is 10.4 Å². The molecule has 0 aliphatic rings. The van der Waals surface area contributed by atoms with Crippen molar-refractivity contribution in [3.8, 4) is 5.75 Å². The maximum Gasteiger partial charge on any atom is 0.123 e. The van der Waals surface area contributed by atoms with E-state index in [1.807, 2.05) is 55.5 Å². The first-order valence-corrected chi connectivity index (χ1v) is 5.34. The molecule has 0 spiro atoms. The Labute approximate surface area is 95.6 Å². The lowest BCUT2D eigenvalue weighted by atomic mass is 10.1. The number of para-hydroxylation sites is 2. The normalized spacial score (nSPS) is 10.1. The predicted octanol–water partition coefficient (Wildman–Crippen LogP) is 3.31. The number of rotatable bonds is 3. The van der Waals surface area contributed by atoms with Crippen LogP contribution in [0.1, 0.15) is 11.1 Å². The van der Waals surface area contributed by atoms with Crippen molar-refractivity contribution in [1.29, 1.82) is 0 Å². The molecule has 0 heterocycles. The van der Waals surface area contributed by atoms with Gasteiger partial charge in [0.25, 0.3) is 0 Å². The molecule has 0 saturated heterocycles. The zero-order valence-electron chi connectivity index (χ0n) is 9.27. The number of nitrogens with one attached hydrogen (secondary N) is 1. The van der Waals surface area contributed by atoms with Crippen LogP contribution in [0.2, 0.25) is 0 Å². The number of aromatic hydroxyl groups is 1. The smallest absolute Gasteiger partial charge is 0.123 e. The van der Waals surface area contributed by atoms with E-state index < -0.39 is 0 Å². The van der Waals surface area contributed by atoms with Gasteiger partial charge in [-0.2, -0.15) is 0 Å². The van der Waals surface area contributed by atoms with E-state index in [9.17, 15) is 5.11 Å². The van der Waals surface area contributed by atoms with Crippen LogP contribution in [0.3, 0.4) is 0 Å². The van der Waals surface area contributed by atoms with Crippen molar-refractivity contribution in [2.75, 3.05) is 5.32 Å². The monoisotopic (exact) mass is 213 g/mol. The molecule has 0 fully saturated rings. The molecule has 0 bridgehead atoms. The van der Waals surface area contributed by atoms with Crippen molar-refractivity contribution < 1.29 is 5.11 Å². The molecule has 0 aromatic heterocycles. The van der Waals surface area contributed by atoms with Crippen LogP contribution in [0.15, 0.2) is 48.5 Å². The molecular weight excluding hydrogens is 198 g/mol. The quantitative estimate of drug-likeness (QED) is 0.819. The van der Waals surface area contributed by atoms with Gasteiger partial charge in [-0.1, -0.05) is 36.4 Å². The van der Waals surface area contributed by atoms with Gasteiger partial charge in [-0.25, -0.2) is 0 Å². The van der Waals surface area contributed by atoms with E-state index in [4.69, 9.17) is 0 Å². The number of anilines is 1. The van der Waals surface area contributed by atoms with Gasteiger partial charge >= 0.3 is 0 Å². The summed E-state index contributed by atoms with van der Waals surface area (Å²) in [7, 11) is 0. The highest BCUT2D eigenvalue weighted by Gasteiger charge is 2.02. The van der Waals surface area contributed by atoms with Crippen LogP contribution in [-0.4, -0.2) is 5.11 Å². The van der Waals surface area contributed by atoms with Crippen LogP contribution >= 0.6 is 0 Å². The Hall–Kier alpha value is -1.96. The van der Waals surface area contributed by atoms with Gasteiger partial charge in [0, 0.05) is 17.8 Å². The first-order valence-electron chi connectivity index (χ1n) is 5.34. The van der Waals surface area contributed by atoms with E-state index in [1.165, 1.54) is 0 Å². The Morgan fingerprint density at radius 3 is 2.50 bits per heavy atom. The van der Waals surface area contributed by atoms with Gasteiger partial charge in [0.05, 0.1) is 0 Å². The minimum Gasteiger partial charge on any atom is -0.507 e. The molecule has 2 aromatic rings. The summed E-state index contributed by atoms with van der Waals surface area (Å²) in [6, 6.07) is 15.8. The third kappa shape index (κ3) is 2.34. The molecule has 2 N–H and O–H groups in total. The van der Waals surface area contributed by atoms with E-state index in [-0.39, 0.29) is 0 Å². The number of aryl methyl sites for hydroxylation is 1. The van der Waals surface area contributed by atoms with E-state index in [1.54, 1.807) is 0 Å². The fraction of sp³-hybridized carbons (Fsp3) is 0.143. The fourth-order valence-corrected chi connectivity index (χ4v) is 1.62. The Balaban J connectivity index is 2.08. The lowest BCUT2D eigenvalue weighted by molar-refractivity contribution is 0.465. The highest BCUT2D eigenvalue weighted by atomic mass is 16.3. The Morgan fingerprint density at radius 1 is 1.00 bits per heavy atom. The van der Waals surface area contributed by atoms with E-state index in [0.29, 0.717) is 12.3 Å². The third-order valence-electron chi connectivity index (χ3n) is 2.58. The summed E-state index contributed by atoms with van der Waals surface area (Å²) in [4.78, 5) is 0. The van der Waals surface area contributed by atoms with Crippen LogP contribution in [0.4, 0.5) is 5.69 Å². The van der Waals surface area contributed by atoms with Gasteiger partial charge in [-0.3, -0.25) is 0 Å². The molecule has 0 unspecified atom stereocenters. The standard InChI is InChI=1S/C14H15NO/c1-11-6-5-7-12(14(11)16)10-15-13-8-3-2-4-9-13/h2-9,15-16H,10H2,1H3. The SMILES string of the molecule is Cc1cccc(CNc2ccccc2)c1O. The molecule has 0 aliphatic carbocycles. The maximum absolute atomic E-state index is 9.84. The topological polar surface area (TPSA) is 32.3 Å². The number of hydrogen-bond acceptors (Lipinski definition) is 2. The van der Waals surface area contributed by atoms with E-state index in [0.717, 1.165) is 16.8 Å². The van der Waals surface area contributed by atoms with Crippen LogP contribution in [0, 0.1) is 6.92 Å². The second-order valence-corrected chi connectivity index (χ2v) is 3.80. The van der Waals surface area contributed by atoms with Gasteiger partial charge in [0.2, 0.25) is 0 Å². The van der Waals surface area contributed by atoms with Crippen molar-refractivity contribution in [3.05, 3.63) is 59.7 Å². The summed E-state index contributed by atoms with van der Waals surface area (Å²) in [6.45, 7) is 2.54. The number of phenols is 1. The second kappa shape index (κ2) is 4.71. The Kier molecular flexibility index (Phi) is 3.10. The van der Waals surface area contributed by atoms with E-state index >= 15 is 0 Å².